The number of aromatic nitrogens is 2. The summed E-state index contributed by atoms with van der Waals surface area (Å²) < 4.78 is 6.87. The topological polar surface area (TPSA) is 89.2 Å². The van der Waals surface area contributed by atoms with E-state index < -0.39 is 5.91 Å². The quantitative estimate of drug-likeness (QED) is 0.720. The second kappa shape index (κ2) is 7.48. The molecule has 3 aromatic rings. The van der Waals surface area contributed by atoms with Gasteiger partial charge in [0, 0.05) is 18.1 Å². The van der Waals surface area contributed by atoms with Crippen LogP contribution in [-0.2, 0) is 4.79 Å². The minimum atomic E-state index is -0.419. The Labute approximate surface area is 144 Å². The third-order valence-corrected chi connectivity index (χ3v) is 3.73. The summed E-state index contributed by atoms with van der Waals surface area (Å²) in [7, 11) is 0. The van der Waals surface area contributed by atoms with Crippen LogP contribution in [0, 0.1) is 0 Å². The monoisotopic (exact) mass is 338 g/mol. The van der Waals surface area contributed by atoms with Crippen LogP contribution in [0.5, 0.6) is 0 Å². The number of rotatable bonds is 6. The Balaban J connectivity index is 1.52. The molecule has 2 aromatic heterocycles. The van der Waals surface area contributed by atoms with Gasteiger partial charge in [0.25, 0.3) is 5.91 Å². The molecular formula is C18H18N4O3. The lowest BCUT2D eigenvalue weighted by Gasteiger charge is -2.15. The Bertz CT molecular complexity index is 824. The van der Waals surface area contributed by atoms with Gasteiger partial charge in [-0.3, -0.25) is 9.59 Å². The molecule has 0 aliphatic heterocycles. The van der Waals surface area contributed by atoms with Gasteiger partial charge in [-0.15, -0.1) is 0 Å². The molecule has 0 unspecified atom stereocenters. The number of amides is 2. The first-order valence-electron chi connectivity index (χ1n) is 7.83. The number of hydrogen-bond donors (Lipinski definition) is 2. The molecule has 0 fully saturated rings. The highest BCUT2D eigenvalue weighted by molar-refractivity contribution is 5.94. The van der Waals surface area contributed by atoms with Crippen LogP contribution < -0.4 is 10.6 Å². The average molecular weight is 338 g/mol. The second-order valence-corrected chi connectivity index (χ2v) is 5.51. The van der Waals surface area contributed by atoms with Crippen molar-refractivity contribution in [3.63, 3.8) is 0 Å². The fraction of sp³-hybridized carbons (Fsp3) is 0.167. The van der Waals surface area contributed by atoms with Crippen molar-refractivity contribution in [3.05, 3.63) is 72.7 Å². The minimum absolute atomic E-state index is 0.114. The van der Waals surface area contributed by atoms with Crippen LogP contribution >= 0.6 is 0 Å². The summed E-state index contributed by atoms with van der Waals surface area (Å²) in [5.41, 5.74) is 1.96. The molecule has 1 atom stereocenters. The van der Waals surface area contributed by atoms with E-state index >= 15 is 0 Å². The van der Waals surface area contributed by atoms with Crippen LogP contribution in [-0.4, -0.2) is 27.9 Å². The first kappa shape index (κ1) is 16.5. The zero-order valence-electron chi connectivity index (χ0n) is 13.7. The first-order valence-corrected chi connectivity index (χ1v) is 7.83. The van der Waals surface area contributed by atoms with E-state index in [1.807, 2.05) is 42.0 Å². The van der Waals surface area contributed by atoms with Gasteiger partial charge in [-0.05, 0) is 36.8 Å². The van der Waals surface area contributed by atoms with Crippen LogP contribution in [0.4, 0.5) is 0 Å². The molecular weight excluding hydrogens is 320 g/mol. The zero-order valence-corrected chi connectivity index (χ0v) is 13.7. The molecule has 0 saturated carbocycles. The molecule has 0 saturated heterocycles. The molecule has 7 nitrogen and oxygen atoms in total. The van der Waals surface area contributed by atoms with E-state index in [2.05, 4.69) is 15.6 Å². The molecule has 2 heterocycles. The van der Waals surface area contributed by atoms with Gasteiger partial charge in [0.2, 0.25) is 5.91 Å². The van der Waals surface area contributed by atoms with Crippen LogP contribution in [0.2, 0.25) is 0 Å². The van der Waals surface area contributed by atoms with Gasteiger partial charge in [-0.25, -0.2) is 4.98 Å². The molecule has 25 heavy (non-hydrogen) atoms. The van der Waals surface area contributed by atoms with Crippen LogP contribution in [0.25, 0.3) is 5.69 Å². The number of carbonyl (C=O) groups is 2. The number of nitrogens with zero attached hydrogens (tertiary/aromatic N) is 2. The highest BCUT2D eigenvalue weighted by Crippen LogP contribution is 2.15. The summed E-state index contributed by atoms with van der Waals surface area (Å²) in [6, 6.07) is 10.8. The maximum Gasteiger partial charge on any atom is 0.287 e. The lowest BCUT2D eigenvalue weighted by atomic mass is 10.1. The summed E-state index contributed by atoms with van der Waals surface area (Å²) in [6.07, 6.45) is 6.71. The number of benzene rings is 1. The normalized spacial score (nSPS) is 11.7. The summed E-state index contributed by atoms with van der Waals surface area (Å²) in [5, 5.41) is 5.36. The summed E-state index contributed by atoms with van der Waals surface area (Å²) in [4.78, 5) is 27.7. The van der Waals surface area contributed by atoms with E-state index in [1.54, 1.807) is 18.6 Å². The van der Waals surface area contributed by atoms with Crippen molar-refractivity contribution in [3.8, 4) is 5.69 Å². The van der Waals surface area contributed by atoms with E-state index in [4.69, 9.17) is 4.42 Å². The molecule has 0 bridgehead atoms. The summed E-state index contributed by atoms with van der Waals surface area (Å²) in [6.45, 7) is 1.77. The zero-order chi connectivity index (χ0) is 17.6. The minimum Gasteiger partial charge on any atom is -0.459 e. The van der Waals surface area contributed by atoms with E-state index in [9.17, 15) is 9.59 Å². The molecule has 0 spiro atoms. The van der Waals surface area contributed by atoms with Gasteiger partial charge in [-0.2, -0.15) is 0 Å². The summed E-state index contributed by atoms with van der Waals surface area (Å²) in [5.74, 6) is -0.514. The maximum absolute atomic E-state index is 12.0. The standard InChI is InChI=1S/C18H18N4O3/c1-13(14-4-6-15(7-5-14)22-9-8-19-12-22)21-17(23)11-20-18(24)16-3-2-10-25-16/h2-10,12-13H,11H2,1H3,(H,20,24)(H,21,23)/t13-/m0/s1. The van der Waals surface area contributed by atoms with Crippen molar-refractivity contribution in [2.24, 2.45) is 0 Å². The number of hydrogen-bond acceptors (Lipinski definition) is 4. The van der Waals surface area contributed by atoms with Crippen molar-refractivity contribution < 1.29 is 14.0 Å². The van der Waals surface area contributed by atoms with E-state index in [1.165, 1.54) is 12.3 Å². The Morgan fingerprint density at radius 1 is 1.24 bits per heavy atom. The van der Waals surface area contributed by atoms with Gasteiger partial charge < -0.3 is 19.6 Å². The van der Waals surface area contributed by atoms with Gasteiger partial charge >= 0.3 is 0 Å². The molecule has 1 aromatic carbocycles. The lowest BCUT2D eigenvalue weighted by molar-refractivity contribution is -0.120. The molecule has 128 valence electrons. The van der Waals surface area contributed by atoms with Gasteiger partial charge in [-0.1, -0.05) is 12.1 Å². The van der Waals surface area contributed by atoms with Gasteiger partial charge in [0.05, 0.1) is 25.2 Å². The molecule has 2 amide bonds. The molecule has 0 aliphatic rings. The summed E-state index contributed by atoms with van der Waals surface area (Å²) >= 11 is 0. The molecule has 3 rings (SSSR count). The van der Waals surface area contributed by atoms with Crippen molar-refractivity contribution in [2.45, 2.75) is 13.0 Å². The van der Waals surface area contributed by atoms with Gasteiger partial charge in [0.1, 0.15) is 0 Å². The Morgan fingerprint density at radius 2 is 2.04 bits per heavy atom. The second-order valence-electron chi connectivity index (χ2n) is 5.51. The van der Waals surface area contributed by atoms with Crippen molar-refractivity contribution in [1.82, 2.24) is 20.2 Å². The average Bonchev–Trinajstić information content (AvgIpc) is 3.33. The van der Waals surface area contributed by atoms with E-state index in [0.717, 1.165) is 11.3 Å². The Hall–Kier alpha value is -3.35. The highest BCUT2D eigenvalue weighted by Gasteiger charge is 2.13. The van der Waals surface area contributed by atoms with Crippen LogP contribution in [0.1, 0.15) is 29.1 Å². The number of furan rings is 1. The molecule has 2 N–H and O–H groups in total. The van der Waals surface area contributed by atoms with Crippen LogP contribution in [0.3, 0.4) is 0 Å². The predicted molar refractivity (Wildman–Crippen MR) is 91.2 cm³/mol. The number of imidazole rings is 1. The van der Waals surface area contributed by atoms with Crippen LogP contribution in [0.15, 0.2) is 65.8 Å². The smallest absolute Gasteiger partial charge is 0.287 e. The van der Waals surface area contributed by atoms with Crippen molar-refractivity contribution in [2.75, 3.05) is 6.54 Å². The lowest BCUT2D eigenvalue weighted by Crippen LogP contribution is -2.37. The Morgan fingerprint density at radius 3 is 2.68 bits per heavy atom. The Kier molecular flexibility index (Phi) is 4.94. The van der Waals surface area contributed by atoms with Crippen molar-refractivity contribution >= 4 is 11.8 Å². The van der Waals surface area contributed by atoms with E-state index in [0.29, 0.717) is 0 Å². The SMILES string of the molecule is C[C@H](NC(=O)CNC(=O)c1ccco1)c1ccc(-n2ccnc2)cc1. The maximum atomic E-state index is 12.0. The predicted octanol–water partition coefficient (Wildman–Crippen LogP) is 2.07. The van der Waals surface area contributed by atoms with Crippen molar-refractivity contribution in [1.29, 1.82) is 0 Å². The van der Waals surface area contributed by atoms with E-state index in [-0.39, 0.29) is 24.3 Å². The van der Waals surface area contributed by atoms with Gasteiger partial charge in [0.15, 0.2) is 5.76 Å². The number of carbonyl (C=O) groups excluding carboxylic acids is 2. The highest BCUT2D eigenvalue weighted by atomic mass is 16.3. The third-order valence-electron chi connectivity index (χ3n) is 3.73. The molecule has 0 radical (unpaired) electrons. The molecule has 0 aliphatic carbocycles. The molecule has 7 heteroatoms. The fourth-order valence-electron chi connectivity index (χ4n) is 2.38. The number of nitrogens with one attached hydrogen (secondary N) is 2. The largest absolute Gasteiger partial charge is 0.459 e. The first-order chi connectivity index (χ1) is 12.1. The fourth-order valence-corrected chi connectivity index (χ4v) is 2.38. The third kappa shape index (κ3) is 4.14.